The maximum Gasteiger partial charge on any atom is 0.251 e. The van der Waals surface area contributed by atoms with Crippen molar-refractivity contribution in [1.82, 2.24) is 4.98 Å². The highest BCUT2D eigenvalue weighted by molar-refractivity contribution is 5.84. The lowest BCUT2D eigenvalue weighted by molar-refractivity contribution is -0.0220. The number of nitrogens with zero attached hydrogens (tertiary/aromatic N) is 3. The molecule has 1 aromatic carbocycles. The molecule has 0 aliphatic carbocycles. The molecule has 0 bridgehead atoms. The number of anilines is 1. The van der Waals surface area contributed by atoms with Crippen molar-refractivity contribution < 1.29 is 23.0 Å². The summed E-state index contributed by atoms with van der Waals surface area (Å²) in [6.07, 6.45) is 1.31. The zero-order valence-electron chi connectivity index (χ0n) is 19.7. The molecule has 1 unspecified atom stereocenters. The van der Waals surface area contributed by atoms with E-state index in [-0.39, 0.29) is 44.6 Å². The van der Waals surface area contributed by atoms with Crippen LogP contribution < -0.4 is 20.1 Å². The van der Waals surface area contributed by atoms with E-state index in [0.29, 0.717) is 29.8 Å². The number of hydrogen-bond acceptors (Lipinski definition) is 7. The van der Waals surface area contributed by atoms with Gasteiger partial charge in [0.15, 0.2) is 5.75 Å². The Balaban J connectivity index is 1.56. The summed E-state index contributed by atoms with van der Waals surface area (Å²) < 4.78 is 45.5. The highest BCUT2D eigenvalue weighted by Gasteiger charge is 2.46. The van der Waals surface area contributed by atoms with Crippen LogP contribution in [0.1, 0.15) is 44.7 Å². The number of fused-ring (bicyclic) bond motifs is 4. The number of aromatic nitrogens is 1. The Morgan fingerprint density at radius 3 is 2.56 bits per heavy atom. The molecule has 7 nitrogen and oxygen atoms in total. The number of hydrogen-bond donors (Lipinski definition) is 1. The van der Waals surface area contributed by atoms with E-state index in [1.165, 1.54) is 0 Å². The molecule has 3 aliphatic heterocycles. The molecule has 1 spiro atoms. The molecule has 0 radical (unpaired) electrons. The predicted molar refractivity (Wildman–Crippen MR) is 125 cm³/mol. The van der Waals surface area contributed by atoms with E-state index in [2.05, 4.69) is 25.8 Å². The molecule has 5 rings (SSSR count). The molecule has 4 heterocycles. The first-order valence-corrected chi connectivity index (χ1v) is 11.6. The Bertz CT molecular complexity index is 1120. The Morgan fingerprint density at radius 2 is 1.85 bits per heavy atom. The van der Waals surface area contributed by atoms with Gasteiger partial charge in [-0.2, -0.15) is 0 Å². The molecule has 1 aromatic heterocycles. The zero-order valence-corrected chi connectivity index (χ0v) is 19.7. The minimum Gasteiger partial charge on any atom is -0.477 e. The molecular weight excluding hydrogens is 442 g/mol. The SMILES string of the molecule is CC(C)(C)COc1cc2c(cn1)Oc1ccc(N3CCC(F)(F)CC3)cc1C21COCC(N)=N1. The Hall–Kier alpha value is -2.94. The minimum atomic E-state index is -2.61. The van der Waals surface area contributed by atoms with Crippen molar-refractivity contribution in [1.29, 1.82) is 0 Å². The van der Waals surface area contributed by atoms with Gasteiger partial charge in [0.2, 0.25) is 5.88 Å². The van der Waals surface area contributed by atoms with Gasteiger partial charge in [-0.3, -0.25) is 4.99 Å². The van der Waals surface area contributed by atoms with E-state index in [1.54, 1.807) is 6.20 Å². The number of nitrogens with two attached hydrogens (primary N) is 1. The zero-order chi connectivity index (χ0) is 24.1. The van der Waals surface area contributed by atoms with Crippen LogP contribution in [0.15, 0.2) is 35.5 Å². The van der Waals surface area contributed by atoms with Crippen LogP contribution in [-0.2, 0) is 10.3 Å². The summed E-state index contributed by atoms with van der Waals surface area (Å²) in [4.78, 5) is 11.3. The topological polar surface area (TPSA) is 82.2 Å². The van der Waals surface area contributed by atoms with Gasteiger partial charge < -0.3 is 24.8 Å². The average Bonchev–Trinajstić information content (AvgIpc) is 2.78. The van der Waals surface area contributed by atoms with Gasteiger partial charge in [-0.05, 0) is 23.6 Å². The smallest absolute Gasteiger partial charge is 0.251 e. The van der Waals surface area contributed by atoms with Crippen molar-refractivity contribution in [2.75, 3.05) is 37.8 Å². The van der Waals surface area contributed by atoms with Gasteiger partial charge in [-0.25, -0.2) is 13.8 Å². The van der Waals surface area contributed by atoms with E-state index >= 15 is 0 Å². The largest absolute Gasteiger partial charge is 0.477 e. The van der Waals surface area contributed by atoms with E-state index in [0.717, 1.165) is 16.8 Å². The molecule has 0 saturated carbocycles. The third-order valence-electron chi connectivity index (χ3n) is 6.33. The molecule has 2 aromatic rings. The van der Waals surface area contributed by atoms with Crippen LogP contribution in [0.5, 0.6) is 17.4 Å². The number of aliphatic imine (C=N–C) groups is 1. The summed E-state index contributed by atoms with van der Waals surface area (Å²) >= 11 is 0. The van der Waals surface area contributed by atoms with Crippen LogP contribution >= 0.6 is 0 Å². The lowest BCUT2D eigenvalue weighted by atomic mass is 9.80. The third kappa shape index (κ3) is 4.29. The van der Waals surface area contributed by atoms with Gasteiger partial charge in [-0.1, -0.05) is 20.8 Å². The molecule has 9 heteroatoms. The van der Waals surface area contributed by atoms with Crippen molar-refractivity contribution in [2.45, 2.75) is 45.1 Å². The first-order valence-electron chi connectivity index (χ1n) is 11.6. The molecule has 3 aliphatic rings. The Morgan fingerprint density at radius 1 is 1.12 bits per heavy atom. The fourth-order valence-electron chi connectivity index (χ4n) is 4.57. The Kier molecular flexibility index (Phi) is 5.42. The van der Waals surface area contributed by atoms with Crippen LogP contribution in [0, 0.1) is 5.41 Å². The molecule has 1 saturated heterocycles. The second-order valence-corrected chi connectivity index (χ2v) is 10.4. The summed E-state index contributed by atoms with van der Waals surface area (Å²) in [5, 5.41) is 0. The van der Waals surface area contributed by atoms with Crippen LogP contribution in [0.3, 0.4) is 0 Å². The fraction of sp³-hybridized carbons (Fsp3) is 0.520. The van der Waals surface area contributed by atoms with Gasteiger partial charge in [0.05, 0.1) is 19.4 Å². The molecule has 182 valence electrons. The standard InChI is InChI=1S/C25H30F2N4O3/c1-23(2,3)14-33-22-11-18-20(12-29-22)34-19-5-4-16(31-8-6-24(26,27)7-9-31)10-17(19)25(18)15-32-13-21(28)30-25/h4-5,10-12H,6-9,13-15H2,1-3H3,(H2,28,30). The van der Waals surface area contributed by atoms with E-state index < -0.39 is 11.5 Å². The second kappa shape index (κ2) is 8.08. The van der Waals surface area contributed by atoms with Crippen LogP contribution in [-0.4, -0.2) is 49.7 Å². The molecule has 1 fully saturated rings. The monoisotopic (exact) mass is 472 g/mol. The van der Waals surface area contributed by atoms with Gasteiger partial charge in [0.25, 0.3) is 5.92 Å². The van der Waals surface area contributed by atoms with Crippen molar-refractivity contribution >= 4 is 11.5 Å². The number of pyridine rings is 1. The quantitative estimate of drug-likeness (QED) is 0.710. The fourth-order valence-corrected chi connectivity index (χ4v) is 4.57. The number of halogens is 2. The minimum absolute atomic E-state index is 0.0327. The van der Waals surface area contributed by atoms with Crippen molar-refractivity contribution in [3.05, 3.63) is 41.6 Å². The number of alkyl halides is 2. The van der Waals surface area contributed by atoms with Crippen molar-refractivity contribution in [2.24, 2.45) is 16.1 Å². The number of rotatable bonds is 3. The highest BCUT2D eigenvalue weighted by atomic mass is 19.3. The normalized spacial score (nSPS) is 23.6. The van der Waals surface area contributed by atoms with Crippen molar-refractivity contribution in [3.8, 4) is 17.4 Å². The van der Waals surface area contributed by atoms with Gasteiger partial charge in [-0.15, -0.1) is 0 Å². The van der Waals surface area contributed by atoms with Crippen LogP contribution in [0.25, 0.3) is 0 Å². The molecule has 2 N–H and O–H groups in total. The molecule has 34 heavy (non-hydrogen) atoms. The number of piperidine rings is 1. The summed E-state index contributed by atoms with van der Waals surface area (Å²) in [6.45, 7) is 7.83. The summed E-state index contributed by atoms with van der Waals surface area (Å²) in [7, 11) is 0. The highest BCUT2D eigenvalue weighted by Crippen LogP contribution is 2.51. The van der Waals surface area contributed by atoms with Gasteiger partial charge in [0, 0.05) is 48.8 Å². The summed E-state index contributed by atoms with van der Waals surface area (Å²) in [6, 6.07) is 7.55. The molecular formula is C25H30F2N4O3. The van der Waals surface area contributed by atoms with E-state index in [9.17, 15) is 8.78 Å². The molecule has 1 atom stereocenters. The van der Waals surface area contributed by atoms with Crippen LogP contribution in [0.2, 0.25) is 0 Å². The molecule has 0 amide bonds. The van der Waals surface area contributed by atoms with Crippen molar-refractivity contribution in [3.63, 3.8) is 0 Å². The van der Waals surface area contributed by atoms with Crippen LogP contribution in [0.4, 0.5) is 14.5 Å². The van der Waals surface area contributed by atoms with Gasteiger partial charge in [0.1, 0.15) is 23.7 Å². The Labute approximate surface area is 197 Å². The summed E-state index contributed by atoms with van der Waals surface area (Å²) in [5.74, 6) is -0.592. The summed E-state index contributed by atoms with van der Waals surface area (Å²) in [5.41, 5.74) is 7.57. The average molecular weight is 473 g/mol. The first-order chi connectivity index (χ1) is 16.0. The van der Waals surface area contributed by atoms with E-state index in [4.69, 9.17) is 24.9 Å². The maximum atomic E-state index is 13.7. The third-order valence-corrected chi connectivity index (χ3v) is 6.33. The number of benzene rings is 1. The lowest BCUT2D eigenvalue weighted by Crippen LogP contribution is -2.43. The lowest BCUT2D eigenvalue weighted by Gasteiger charge is -2.40. The first kappa shape index (κ1) is 22.8. The second-order valence-electron chi connectivity index (χ2n) is 10.4. The number of amidine groups is 1. The van der Waals surface area contributed by atoms with Gasteiger partial charge >= 0.3 is 0 Å². The maximum absolute atomic E-state index is 13.7. The van der Waals surface area contributed by atoms with E-state index in [1.807, 2.05) is 29.2 Å². The predicted octanol–water partition coefficient (Wildman–Crippen LogP) is 4.48. The number of ether oxygens (including phenoxy) is 3.